The molecule has 1 aliphatic heterocycles. The Morgan fingerprint density at radius 2 is 1.89 bits per heavy atom. The van der Waals surface area contributed by atoms with Crippen molar-refractivity contribution in [3.05, 3.63) is 46.5 Å². The second-order valence-corrected chi connectivity index (χ2v) is 10.3. The van der Waals surface area contributed by atoms with Crippen LogP contribution in [-0.2, 0) is 26.9 Å². The number of carbonyl (C=O) groups excluding carboxylic acids is 1. The van der Waals surface area contributed by atoms with E-state index in [1.165, 1.54) is 17.6 Å². The molecule has 3 rings (SSSR count). The third kappa shape index (κ3) is 6.10. The summed E-state index contributed by atoms with van der Waals surface area (Å²) in [7, 11) is -3.10. The number of rotatable bonds is 6. The number of ether oxygens (including phenoxy) is 1. The van der Waals surface area contributed by atoms with Gasteiger partial charge in [-0.15, -0.1) is 11.3 Å². The van der Waals surface area contributed by atoms with Crippen molar-refractivity contribution < 1.29 is 17.9 Å². The number of thiazole rings is 1. The highest BCUT2D eigenvalue weighted by Gasteiger charge is 2.22. The highest BCUT2D eigenvalue weighted by Crippen LogP contribution is 2.20. The molecule has 1 aromatic carbocycles. The number of carbonyl (C=O) groups is 1. The van der Waals surface area contributed by atoms with Crippen LogP contribution in [0.1, 0.15) is 35.5 Å². The van der Waals surface area contributed by atoms with Crippen molar-refractivity contribution in [2.75, 3.05) is 24.7 Å². The van der Waals surface area contributed by atoms with Crippen LogP contribution in [0.5, 0.6) is 0 Å². The first kappa shape index (κ1) is 20.9. The summed E-state index contributed by atoms with van der Waals surface area (Å²) in [6.45, 7) is 6.59. The zero-order chi connectivity index (χ0) is 20.3. The van der Waals surface area contributed by atoms with Crippen LogP contribution in [0.4, 0.5) is 5.13 Å². The summed E-state index contributed by atoms with van der Waals surface area (Å²) in [5, 5.41) is 5.31. The summed E-state index contributed by atoms with van der Waals surface area (Å²) in [4.78, 5) is 19.2. The summed E-state index contributed by atoms with van der Waals surface area (Å²) in [6, 6.07) is 6.57. The minimum atomic E-state index is -3.10. The highest BCUT2D eigenvalue weighted by molar-refractivity contribution is 7.89. The summed E-state index contributed by atoms with van der Waals surface area (Å²) >= 11 is 1.39. The fraction of sp³-hybridized carbons (Fsp3) is 0.474. The van der Waals surface area contributed by atoms with Crippen LogP contribution in [0.3, 0.4) is 0 Å². The largest absolute Gasteiger partial charge is 0.373 e. The van der Waals surface area contributed by atoms with Gasteiger partial charge in [0.05, 0.1) is 23.7 Å². The summed E-state index contributed by atoms with van der Waals surface area (Å²) in [5.41, 5.74) is 2.04. The number of anilines is 1. The molecule has 0 unspecified atom stereocenters. The van der Waals surface area contributed by atoms with E-state index in [0.717, 1.165) is 25.3 Å². The molecule has 152 valence electrons. The third-order valence-electron chi connectivity index (χ3n) is 4.30. The molecule has 28 heavy (non-hydrogen) atoms. The van der Waals surface area contributed by atoms with Gasteiger partial charge in [0, 0.05) is 36.8 Å². The van der Waals surface area contributed by atoms with Crippen LogP contribution in [-0.4, -0.2) is 55.8 Å². The molecule has 1 aliphatic rings. The van der Waals surface area contributed by atoms with Gasteiger partial charge in [0.25, 0.3) is 5.91 Å². The molecule has 9 heteroatoms. The molecule has 1 aromatic heterocycles. The maximum atomic E-state index is 12.4. The lowest BCUT2D eigenvalue weighted by Crippen LogP contribution is -2.44. The number of amides is 1. The lowest BCUT2D eigenvalue weighted by atomic mass is 10.1. The third-order valence-corrected chi connectivity index (χ3v) is 5.96. The average molecular weight is 424 g/mol. The van der Waals surface area contributed by atoms with E-state index in [1.54, 1.807) is 24.3 Å². The monoisotopic (exact) mass is 423 g/mol. The van der Waals surface area contributed by atoms with Crippen molar-refractivity contribution in [2.45, 2.75) is 38.4 Å². The molecule has 0 radical (unpaired) electrons. The van der Waals surface area contributed by atoms with Crippen molar-refractivity contribution in [1.29, 1.82) is 0 Å². The van der Waals surface area contributed by atoms with E-state index in [0.29, 0.717) is 16.3 Å². The number of hydrogen-bond donors (Lipinski definition) is 1. The zero-order valence-corrected chi connectivity index (χ0v) is 17.8. The Morgan fingerprint density at radius 1 is 1.25 bits per heavy atom. The number of sulfone groups is 1. The zero-order valence-electron chi connectivity index (χ0n) is 16.2. The van der Waals surface area contributed by atoms with E-state index in [4.69, 9.17) is 4.74 Å². The van der Waals surface area contributed by atoms with Gasteiger partial charge in [0.2, 0.25) is 0 Å². The maximum Gasteiger partial charge on any atom is 0.257 e. The predicted molar refractivity (Wildman–Crippen MR) is 110 cm³/mol. The van der Waals surface area contributed by atoms with Crippen LogP contribution in [0, 0.1) is 0 Å². The quantitative estimate of drug-likeness (QED) is 0.768. The first-order chi connectivity index (χ1) is 13.2. The second kappa shape index (κ2) is 8.69. The van der Waals surface area contributed by atoms with E-state index in [9.17, 15) is 13.2 Å². The van der Waals surface area contributed by atoms with Crippen molar-refractivity contribution in [1.82, 2.24) is 9.88 Å². The van der Waals surface area contributed by atoms with E-state index in [1.807, 2.05) is 5.38 Å². The number of nitrogens with one attached hydrogen (secondary N) is 1. The number of morpholine rings is 1. The van der Waals surface area contributed by atoms with Crippen LogP contribution >= 0.6 is 11.3 Å². The van der Waals surface area contributed by atoms with Gasteiger partial charge >= 0.3 is 0 Å². The lowest BCUT2D eigenvalue weighted by molar-refractivity contribution is -0.0707. The summed E-state index contributed by atoms with van der Waals surface area (Å²) in [5.74, 6) is -0.302. The van der Waals surface area contributed by atoms with E-state index < -0.39 is 9.84 Å². The summed E-state index contributed by atoms with van der Waals surface area (Å²) in [6.07, 6.45) is 1.59. The Labute approximate surface area is 169 Å². The molecule has 2 aromatic rings. The normalized spacial score (nSPS) is 20.8. The van der Waals surface area contributed by atoms with Gasteiger partial charge in [-0.3, -0.25) is 15.0 Å². The molecule has 1 saturated heterocycles. The maximum absolute atomic E-state index is 12.4. The Bertz CT molecular complexity index is 915. The molecule has 1 N–H and O–H groups in total. The second-order valence-electron chi connectivity index (χ2n) is 7.32. The fourth-order valence-electron chi connectivity index (χ4n) is 3.30. The van der Waals surface area contributed by atoms with Gasteiger partial charge in [0.15, 0.2) is 15.0 Å². The molecule has 1 amide bonds. The molecule has 2 heterocycles. The number of hydrogen-bond acceptors (Lipinski definition) is 7. The van der Waals surface area contributed by atoms with Crippen LogP contribution in [0.15, 0.2) is 29.6 Å². The van der Waals surface area contributed by atoms with Crippen LogP contribution in [0.25, 0.3) is 0 Å². The van der Waals surface area contributed by atoms with E-state index in [2.05, 4.69) is 29.0 Å². The van der Waals surface area contributed by atoms with Gasteiger partial charge in [-0.25, -0.2) is 13.4 Å². The van der Waals surface area contributed by atoms with Gasteiger partial charge in [-0.2, -0.15) is 0 Å². The predicted octanol–water partition coefficient (Wildman–Crippen LogP) is 2.55. The lowest BCUT2D eigenvalue weighted by Gasteiger charge is -2.34. The van der Waals surface area contributed by atoms with E-state index in [-0.39, 0.29) is 23.9 Å². The smallest absolute Gasteiger partial charge is 0.257 e. The molecular formula is C19H25N3O4S2. The molecule has 0 spiro atoms. The molecule has 7 nitrogen and oxygen atoms in total. The minimum Gasteiger partial charge on any atom is -0.373 e. The molecule has 1 fully saturated rings. The molecule has 0 aliphatic carbocycles. The molecule has 0 saturated carbocycles. The fourth-order valence-corrected chi connectivity index (χ4v) is 4.80. The summed E-state index contributed by atoms with van der Waals surface area (Å²) < 4.78 is 28.4. The minimum absolute atomic E-state index is 0.0382. The topological polar surface area (TPSA) is 88.6 Å². The average Bonchev–Trinajstić information content (AvgIpc) is 2.99. The van der Waals surface area contributed by atoms with Crippen molar-refractivity contribution in [2.24, 2.45) is 0 Å². The number of nitrogens with zero attached hydrogens (tertiary/aromatic N) is 2. The van der Waals surface area contributed by atoms with Crippen molar-refractivity contribution in [3.8, 4) is 0 Å². The SMILES string of the molecule is C[C@@H]1CN(Cc2csc(NC(=O)c3ccc(CS(C)(=O)=O)cc3)n2)C[C@H](C)O1. The highest BCUT2D eigenvalue weighted by atomic mass is 32.2. The van der Waals surface area contributed by atoms with Crippen molar-refractivity contribution >= 4 is 32.2 Å². The van der Waals surface area contributed by atoms with Crippen molar-refractivity contribution in [3.63, 3.8) is 0 Å². The standard InChI is InChI=1S/C19H25N3O4S2/c1-13-8-22(9-14(2)26-13)10-17-11-27-19(20-17)21-18(23)16-6-4-15(5-7-16)12-28(3,24)25/h4-7,11,13-14H,8-10,12H2,1-3H3,(H,20,21,23)/t13-,14+. The molecule has 2 atom stereocenters. The number of benzene rings is 1. The Kier molecular flexibility index (Phi) is 6.49. The van der Waals surface area contributed by atoms with Gasteiger partial charge in [-0.1, -0.05) is 12.1 Å². The van der Waals surface area contributed by atoms with Gasteiger partial charge in [0.1, 0.15) is 0 Å². The molecule has 0 bridgehead atoms. The molecular weight excluding hydrogens is 398 g/mol. The first-order valence-corrected chi connectivity index (χ1v) is 12.0. The first-order valence-electron chi connectivity index (χ1n) is 9.08. The van der Waals surface area contributed by atoms with Gasteiger partial charge in [-0.05, 0) is 31.5 Å². The van der Waals surface area contributed by atoms with Crippen LogP contribution < -0.4 is 5.32 Å². The Morgan fingerprint density at radius 3 is 2.50 bits per heavy atom. The number of aromatic nitrogens is 1. The van der Waals surface area contributed by atoms with Gasteiger partial charge < -0.3 is 4.74 Å². The Hall–Kier alpha value is -1.81. The van der Waals surface area contributed by atoms with E-state index >= 15 is 0 Å². The Balaban J connectivity index is 1.58. The van der Waals surface area contributed by atoms with Crippen LogP contribution in [0.2, 0.25) is 0 Å².